The molecular weight excluding hydrogens is 426 g/mol. The summed E-state index contributed by atoms with van der Waals surface area (Å²) in [6.45, 7) is -1.43. The molecule has 0 radical (unpaired) electrons. The van der Waals surface area contributed by atoms with Gasteiger partial charge in [0.05, 0.1) is 5.56 Å². The van der Waals surface area contributed by atoms with Gasteiger partial charge in [0, 0.05) is 11.1 Å². The lowest BCUT2D eigenvalue weighted by atomic mass is 10.0. The number of ether oxygens (including phenoxy) is 2. The van der Waals surface area contributed by atoms with E-state index in [4.69, 9.17) is 4.74 Å². The Hall–Kier alpha value is -3.49. The van der Waals surface area contributed by atoms with Crippen LogP contribution in [-0.2, 0) is 6.18 Å². The van der Waals surface area contributed by atoms with Crippen molar-refractivity contribution in [3.8, 4) is 17.2 Å². The number of hydrogen-bond donors (Lipinski definition) is 0. The quantitative estimate of drug-likeness (QED) is 0.317. The van der Waals surface area contributed by atoms with Crippen LogP contribution in [0.4, 0.5) is 26.3 Å². The predicted octanol–water partition coefficient (Wildman–Crippen LogP) is 6.67. The van der Waals surface area contributed by atoms with Gasteiger partial charge in [-0.1, -0.05) is 0 Å². The van der Waals surface area contributed by atoms with Crippen molar-refractivity contribution >= 4 is 5.78 Å². The summed E-state index contributed by atoms with van der Waals surface area (Å²) in [5.41, 5.74) is -0.255. The van der Waals surface area contributed by atoms with Gasteiger partial charge in [-0.2, -0.15) is 26.3 Å². The molecule has 0 bridgehead atoms. The highest BCUT2D eigenvalue weighted by Crippen LogP contribution is 2.31. The molecule has 0 heterocycles. The zero-order chi connectivity index (χ0) is 22.6. The van der Waals surface area contributed by atoms with Gasteiger partial charge in [-0.25, -0.2) is 0 Å². The van der Waals surface area contributed by atoms with Crippen molar-refractivity contribution in [3.05, 3.63) is 89.5 Å². The lowest BCUT2D eigenvalue weighted by Crippen LogP contribution is -2.19. The van der Waals surface area contributed by atoms with E-state index in [9.17, 15) is 31.1 Å². The largest absolute Gasteiger partial charge is 0.484 e. The maximum atomic E-state index is 12.6. The van der Waals surface area contributed by atoms with Crippen LogP contribution in [0.3, 0.4) is 0 Å². The molecule has 0 aliphatic heterocycles. The van der Waals surface area contributed by atoms with E-state index in [0.717, 1.165) is 12.1 Å². The highest BCUT2D eigenvalue weighted by molar-refractivity contribution is 6.09. The van der Waals surface area contributed by atoms with Crippen molar-refractivity contribution in [2.75, 3.05) is 6.61 Å². The molecule has 0 unspecified atom stereocenters. The lowest BCUT2D eigenvalue weighted by molar-refractivity contribution is -0.153. The summed E-state index contributed by atoms with van der Waals surface area (Å²) in [4.78, 5) is 12.5. The molecule has 0 aromatic heterocycles. The van der Waals surface area contributed by atoms with E-state index in [1.165, 1.54) is 60.7 Å². The van der Waals surface area contributed by atoms with Gasteiger partial charge < -0.3 is 9.47 Å². The maximum Gasteiger partial charge on any atom is 0.422 e. The Bertz CT molecular complexity index is 1020. The second-order valence-electron chi connectivity index (χ2n) is 6.41. The van der Waals surface area contributed by atoms with E-state index in [2.05, 4.69) is 4.74 Å². The van der Waals surface area contributed by atoms with Crippen molar-refractivity contribution in [1.29, 1.82) is 0 Å². The minimum Gasteiger partial charge on any atom is -0.484 e. The Morgan fingerprint density at radius 1 is 0.645 bits per heavy atom. The Labute approximate surface area is 172 Å². The van der Waals surface area contributed by atoms with Crippen molar-refractivity contribution in [2.45, 2.75) is 12.4 Å². The first-order valence-corrected chi connectivity index (χ1v) is 8.81. The number of rotatable bonds is 6. The summed E-state index contributed by atoms with van der Waals surface area (Å²) in [6.07, 6.45) is -8.90. The Morgan fingerprint density at radius 3 is 1.48 bits per heavy atom. The molecule has 0 fully saturated rings. The van der Waals surface area contributed by atoms with Crippen LogP contribution >= 0.6 is 0 Å². The van der Waals surface area contributed by atoms with Crippen LogP contribution in [0.2, 0.25) is 0 Å². The third-order valence-electron chi connectivity index (χ3n) is 4.05. The molecule has 0 saturated heterocycles. The molecule has 3 aromatic carbocycles. The van der Waals surface area contributed by atoms with E-state index < -0.39 is 24.5 Å². The first-order chi connectivity index (χ1) is 14.5. The molecule has 3 nitrogen and oxygen atoms in total. The summed E-state index contributed by atoms with van der Waals surface area (Å²) in [5.74, 6) is 0.117. The first-order valence-electron chi connectivity index (χ1n) is 8.81. The van der Waals surface area contributed by atoms with Gasteiger partial charge in [0.25, 0.3) is 0 Å². The third kappa shape index (κ3) is 6.24. The van der Waals surface area contributed by atoms with Crippen molar-refractivity contribution in [3.63, 3.8) is 0 Å². The minimum atomic E-state index is -4.46. The van der Waals surface area contributed by atoms with E-state index >= 15 is 0 Å². The molecule has 31 heavy (non-hydrogen) atoms. The van der Waals surface area contributed by atoms with Gasteiger partial charge in [0.15, 0.2) is 12.4 Å². The number of carbonyl (C=O) groups excluding carboxylic acids is 1. The number of ketones is 1. The standard InChI is InChI=1S/C22H14F6O3/c23-21(24,25)13-30-17-7-1-14(2-8-17)20(29)15-3-9-18(10-4-15)31-19-11-5-16(6-12-19)22(26,27)28/h1-12H,13H2. The number of hydrogen-bond acceptors (Lipinski definition) is 3. The SMILES string of the molecule is O=C(c1ccc(OCC(F)(F)F)cc1)c1ccc(Oc2ccc(C(F)(F)F)cc2)cc1. The summed E-state index contributed by atoms with van der Waals surface area (Å²) >= 11 is 0. The van der Waals surface area contributed by atoms with Gasteiger partial charge in [-0.15, -0.1) is 0 Å². The number of benzene rings is 3. The van der Waals surface area contributed by atoms with E-state index in [0.29, 0.717) is 11.3 Å². The van der Waals surface area contributed by atoms with Crippen LogP contribution < -0.4 is 9.47 Å². The molecule has 0 saturated carbocycles. The zero-order valence-corrected chi connectivity index (χ0v) is 15.6. The predicted molar refractivity (Wildman–Crippen MR) is 99.4 cm³/mol. The molecule has 0 spiro atoms. The molecule has 9 heteroatoms. The fourth-order valence-corrected chi connectivity index (χ4v) is 2.56. The van der Waals surface area contributed by atoms with Crippen LogP contribution in [0.5, 0.6) is 17.2 Å². The van der Waals surface area contributed by atoms with E-state index in [1.54, 1.807) is 0 Å². The van der Waals surface area contributed by atoms with Crippen LogP contribution in [0, 0.1) is 0 Å². The molecule has 0 aliphatic rings. The average Bonchev–Trinajstić information content (AvgIpc) is 2.72. The summed E-state index contributed by atoms with van der Waals surface area (Å²) in [7, 11) is 0. The van der Waals surface area contributed by atoms with Crippen molar-refractivity contribution < 1.29 is 40.6 Å². The zero-order valence-electron chi connectivity index (χ0n) is 15.6. The Morgan fingerprint density at radius 2 is 1.06 bits per heavy atom. The van der Waals surface area contributed by atoms with Gasteiger partial charge in [-0.05, 0) is 72.8 Å². The Kier molecular flexibility index (Phi) is 6.24. The molecule has 162 valence electrons. The Balaban J connectivity index is 1.63. The lowest BCUT2D eigenvalue weighted by Gasteiger charge is -2.10. The number of alkyl halides is 6. The smallest absolute Gasteiger partial charge is 0.422 e. The average molecular weight is 440 g/mol. The van der Waals surface area contributed by atoms with E-state index in [1.807, 2.05) is 0 Å². The molecule has 0 N–H and O–H groups in total. The molecule has 0 atom stereocenters. The van der Waals surface area contributed by atoms with Crippen LogP contribution in [0.25, 0.3) is 0 Å². The van der Waals surface area contributed by atoms with Gasteiger partial charge in [0.1, 0.15) is 17.2 Å². The van der Waals surface area contributed by atoms with Crippen LogP contribution in [0.15, 0.2) is 72.8 Å². The fraction of sp³-hybridized carbons (Fsp3) is 0.136. The summed E-state index contributed by atoms with van der Waals surface area (Å²) < 4.78 is 84.3. The molecule has 0 aliphatic carbocycles. The summed E-state index contributed by atoms with van der Waals surface area (Å²) in [5, 5.41) is 0. The summed E-state index contributed by atoms with van der Waals surface area (Å²) in [6, 6.07) is 15.3. The molecule has 3 aromatic rings. The third-order valence-corrected chi connectivity index (χ3v) is 4.05. The fourth-order valence-electron chi connectivity index (χ4n) is 2.56. The highest BCUT2D eigenvalue weighted by Gasteiger charge is 2.30. The van der Waals surface area contributed by atoms with Crippen molar-refractivity contribution in [2.24, 2.45) is 0 Å². The van der Waals surface area contributed by atoms with Gasteiger partial charge >= 0.3 is 12.4 Å². The van der Waals surface area contributed by atoms with Crippen LogP contribution in [-0.4, -0.2) is 18.6 Å². The highest BCUT2D eigenvalue weighted by atomic mass is 19.4. The van der Waals surface area contributed by atoms with Gasteiger partial charge in [-0.3, -0.25) is 4.79 Å². The first kappa shape index (κ1) is 22.2. The second-order valence-corrected chi connectivity index (χ2v) is 6.41. The molecular formula is C22H14F6O3. The van der Waals surface area contributed by atoms with E-state index in [-0.39, 0.29) is 22.8 Å². The molecule has 3 rings (SSSR count). The van der Waals surface area contributed by atoms with Crippen molar-refractivity contribution in [1.82, 2.24) is 0 Å². The maximum absolute atomic E-state index is 12.6. The van der Waals surface area contributed by atoms with Gasteiger partial charge in [0.2, 0.25) is 0 Å². The van der Waals surface area contributed by atoms with Crippen LogP contribution in [0.1, 0.15) is 21.5 Å². The molecule has 0 amide bonds. The topological polar surface area (TPSA) is 35.5 Å². The minimum absolute atomic E-state index is 0.0193. The normalized spacial score (nSPS) is 11.8. The monoisotopic (exact) mass is 440 g/mol. The second kappa shape index (κ2) is 8.71. The number of carbonyl (C=O) groups is 1. The number of halogens is 6.